The third-order valence-corrected chi connectivity index (χ3v) is 7.10. The van der Waals surface area contributed by atoms with Crippen molar-refractivity contribution in [3.05, 3.63) is 48.0 Å². The van der Waals surface area contributed by atoms with Crippen LogP contribution in [0.25, 0.3) is 0 Å². The summed E-state index contributed by atoms with van der Waals surface area (Å²) in [6.45, 7) is 17.2. The molecule has 2 amide bonds. The summed E-state index contributed by atoms with van der Waals surface area (Å²) in [5.41, 5.74) is 3.50. The molecule has 7 heteroatoms. The van der Waals surface area contributed by atoms with E-state index in [0.717, 1.165) is 49.7 Å². The van der Waals surface area contributed by atoms with Crippen molar-refractivity contribution in [1.82, 2.24) is 4.90 Å². The van der Waals surface area contributed by atoms with E-state index in [2.05, 4.69) is 48.9 Å². The van der Waals surface area contributed by atoms with E-state index >= 15 is 0 Å². The number of hydrogen-bond donors (Lipinski definition) is 1. The molecule has 0 saturated carbocycles. The van der Waals surface area contributed by atoms with Crippen molar-refractivity contribution >= 4 is 28.9 Å². The highest BCUT2D eigenvalue weighted by Gasteiger charge is 2.25. The maximum atomic E-state index is 13.6. The smallest absolute Gasteiger partial charge is 0.256 e. The molecule has 1 atom stereocenters. The van der Waals surface area contributed by atoms with E-state index < -0.39 is 0 Å². The average Bonchev–Trinajstić information content (AvgIpc) is 2.88. The standard InChI is InChI=1S/C31H46N4O3/c1-8-33(9-2)30(37)25-21-24(32-29(36)20-23(3)22-31(4,5)6)14-15-26(25)34-16-18-35(19-17-34)27-12-10-11-13-28(27)38-7/h10-15,21,23H,8-9,16-20,22H2,1-7H3,(H,32,36). The highest BCUT2D eigenvalue weighted by Crippen LogP contribution is 2.32. The van der Waals surface area contributed by atoms with E-state index in [-0.39, 0.29) is 23.1 Å². The fraction of sp³-hybridized carbons (Fsp3) is 0.548. The first-order valence-corrected chi connectivity index (χ1v) is 13.9. The van der Waals surface area contributed by atoms with Crippen LogP contribution in [0.4, 0.5) is 17.1 Å². The van der Waals surface area contributed by atoms with Gasteiger partial charge in [0.15, 0.2) is 0 Å². The number of carbonyl (C=O) groups is 2. The molecule has 38 heavy (non-hydrogen) atoms. The number of benzene rings is 2. The zero-order valence-corrected chi connectivity index (χ0v) is 24.3. The van der Waals surface area contributed by atoms with Gasteiger partial charge in [0.25, 0.3) is 5.91 Å². The van der Waals surface area contributed by atoms with Crippen LogP contribution in [0.1, 0.15) is 64.7 Å². The summed E-state index contributed by atoms with van der Waals surface area (Å²) in [5.74, 6) is 1.14. The predicted octanol–water partition coefficient (Wildman–Crippen LogP) is 5.90. The fourth-order valence-electron chi connectivity index (χ4n) is 5.47. The highest BCUT2D eigenvalue weighted by atomic mass is 16.5. The Labute approximate surface area is 229 Å². The van der Waals surface area contributed by atoms with Gasteiger partial charge in [0.2, 0.25) is 5.91 Å². The molecule has 0 aromatic heterocycles. The Morgan fingerprint density at radius 3 is 2.16 bits per heavy atom. The van der Waals surface area contributed by atoms with Crippen LogP contribution in [0.2, 0.25) is 0 Å². The van der Waals surface area contributed by atoms with Crippen molar-refractivity contribution < 1.29 is 14.3 Å². The summed E-state index contributed by atoms with van der Waals surface area (Å²) < 4.78 is 5.56. The number of nitrogens with zero attached hydrogens (tertiary/aromatic N) is 3. The van der Waals surface area contributed by atoms with Gasteiger partial charge in [-0.2, -0.15) is 0 Å². The summed E-state index contributed by atoms with van der Waals surface area (Å²) in [5, 5.41) is 3.05. The molecular weight excluding hydrogens is 476 g/mol. The second-order valence-corrected chi connectivity index (χ2v) is 11.5. The molecule has 0 aliphatic carbocycles. The highest BCUT2D eigenvalue weighted by molar-refractivity contribution is 6.02. The van der Waals surface area contributed by atoms with Crippen LogP contribution in [0.15, 0.2) is 42.5 Å². The molecule has 1 unspecified atom stereocenters. The Morgan fingerprint density at radius 2 is 1.58 bits per heavy atom. The first-order valence-electron chi connectivity index (χ1n) is 13.9. The van der Waals surface area contributed by atoms with Crippen molar-refractivity contribution in [3.63, 3.8) is 0 Å². The number of rotatable bonds is 10. The van der Waals surface area contributed by atoms with Crippen molar-refractivity contribution in [2.75, 3.05) is 61.5 Å². The lowest BCUT2D eigenvalue weighted by molar-refractivity contribution is -0.117. The molecule has 0 bridgehead atoms. The molecule has 208 valence electrons. The summed E-state index contributed by atoms with van der Waals surface area (Å²) >= 11 is 0. The van der Waals surface area contributed by atoms with Gasteiger partial charge in [-0.1, -0.05) is 39.8 Å². The Bertz CT molecular complexity index is 1080. The second kappa shape index (κ2) is 13.0. The number of anilines is 3. The van der Waals surface area contributed by atoms with Crippen LogP contribution in [0.5, 0.6) is 5.75 Å². The minimum Gasteiger partial charge on any atom is -0.495 e. The molecule has 1 saturated heterocycles. The quantitative estimate of drug-likeness (QED) is 0.421. The van der Waals surface area contributed by atoms with Gasteiger partial charge in [-0.25, -0.2) is 0 Å². The van der Waals surface area contributed by atoms with E-state index in [9.17, 15) is 9.59 Å². The molecule has 1 N–H and O–H groups in total. The van der Waals surface area contributed by atoms with Gasteiger partial charge in [-0.15, -0.1) is 0 Å². The lowest BCUT2D eigenvalue weighted by Crippen LogP contribution is -2.47. The number of piperazine rings is 1. The lowest BCUT2D eigenvalue weighted by atomic mass is 9.84. The van der Waals surface area contributed by atoms with Crippen LogP contribution in [0.3, 0.4) is 0 Å². The Morgan fingerprint density at radius 1 is 0.974 bits per heavy atom. The number of hydrogen-bond acceptors (Lipinski definition) is 5. The van der Waals surface area contributed by atoms with E-state index in [1.54, 1.807) is 7.11 Å². The van der Waals surface area contributed by atoms with Gasteiger partial charge in [0.1, 0.15) is 5.75 Å². The third-order valence-electron chi connectivity index (χ3n) is 7.10. The summed E-state index contributed by atoms with van der Waals surface area (Å²) in [6, 6.07) is 13.9. The second-order valence-electron chi connectivity index (χ2n) is 11.5. The SMILES string of the molecule is CCN(CC)C(=O)c1cc(NC(=O)CC(C)CC(C)(C)C)ccc1N1CCN(c2ccccc2OC)CC1. The molecule has 1 fully saturated rings. The van der Waals surface area contributed by atoms with E-state index in [4.69, 9.17) is 4.74 Å². The molecule has 1 heterocycles. The van der Waals surface area contributed by atoms with Crippen LogP contribution in [0, 0.1) is 11.3 Å². The molecular formula is C31H46N4O3. The number of para-hydroxylation sites is 2. The Balaban J connectivity index is 1.79. The van der Waals surface area contributed by atoms with Gasteiger partial charge in [-0.05, 0) is 61.9 Å². The average molecular weight is 523 g/mol. The van der Waals surface area contributed by atoms with Crippen LogP contribution >= 0.6 is 0 Å². The van der Waals surface area contributed by atoms with E-state index in [1.807, 2.05) is 55.1 Å². The van der Waals surface area contributed by atoms with Crippen LogP contribution < -0.4 is 19.9 Å². The zero-order chi connectivity index (χ0) is 27.9. The summed E-state index contributed by atoms with van der Waals surface area (Å²) in [6.07, 6.45) is 1.44. The number of nitrogens with one attached hydrogen (secondary N) is 1. The molecule has 7 nitrogen and oxygen atoms in total. The summed E-state index contributed by atoms with van der Waals surface area (Å²) in [4.78, 5) is 32.8. The molecule has 2 aromatic rings. The van der Waals surface area contributed by atoms with Crippen molar-refractivity contribution in [2.45, 2.75) is 54.4 Å². The number of amides is 2. The fourth-order valence-corrected chi connectivity index (χ4v) is 5.47. The maximum Gasteiger partial charge on any atom is 0.256 e. The largest absolute Gasteiger partial charge is 0.495 e. The van der Waals surface area contributed by atoms with Gasteiger partial charge in [0.05, 0.1) is 18.4 Å². The van der Waals surface area contributed by atoms with Gasteiger partial charge in [0, 0.05) is 57.1 Å². The molecule has 3 rings (SSSR count). The maximum absolute atomic E-state index is 13.6. The molecule has 2 aromatic carbocycles. The molecule has 0 spiro atoms. The van der Waals surface area contributed by atoms with Gasteiger partial charge < -0.3 is 24.8 Å². The minimum atomic E-state index is -0.0128. The number of ether oxygens (including phenoxy) is 1. The minimum absolute atomic E-state index is 0.00522. The first kappa shape index (κ1) is 29.3. The number of methoxy groups -OCH3 is 1. The summed E-state index contributed by atoms with van der Waals surface area (Å²) in [7, 11) is 1.70. The van der Waals surface area contributed by atoms with E-state index in [1.165, 1.54) is 0 Å². The van der Waals surface area contributed by atoms with Gasteiger partial charge in [-0.3, -0.25) is 9.59 Å². The molecule has 1 aliphatic rings. The monoisotopic (exact) mass is 522 g/mol. The Kier molecular flexibility index (Phi) is 10.1. The topological polar surface area (TPSA) is 65.1 Å². The Hall–Kier alpha value is -3.22. The normalized spacial score (nSPS) is 14.7. The van der Waals surface area contributed by atoms with E-state index in [0.29, 0.717) is 30.8 Å². The molecule has 1 aliphatic heterocycles. The van der Waals surface area contributed by atoms with Crippen molar-refractivity contribution in [2.24, 2.45) is 11.3 Å². The van der Waals surface area contributed by atoms with Gasteiger partial charge >= 0.3 is 0 Å². The van der Waals surface area contributed by atoms with Crippen LogP contribution in [-0.2, 0) is 4.79 Å². The first-order chi connectivity index (χ1) is 18.1. The predicted molar refractivity (Wildman–Crippen MR) is 158 cm³/mol. The number of carbonyl (C=O) groups excluding carboxylic acids is 2. The zero-order valence-electron chi connectivity index (χ0n) is 24.3. The third kappa shape index (κ3) is 7.65. The van der Waals surface area contributed by atoms with Crippen molar-refractivity contribution in [1.29, 1.82) is 0 Å². The molecule has 0 radical (unpaired) electrons. The van der Waals surface area contributed by atoms with Crippen molar-refractivity contribution in [3.8, 4) is 5.75 Å². The lowest BCUT2D eigenvalue weighted by Gasteiger charge is -2.38. The van der Waals surface area contributed by atoms with Crippen LogP contribution in [-0.4, -0.2) is 63.1 Å².